The van der Waals surface area contributed by atoms with Gasteiger partial charge in [0.25, 0.3) is 5.91 Å². The van der Waals surface area contributed by atoms with Gasteiger partial charge in [-0.3, -0.25) is 9.59 Å². The van der Waals surface area contributed by atoms with E-state index < -0.39 is 11.4 Å². The molecule has 0 saturated carbocycles. The van der Waals surface area contributed by atoms with Crippen LogP contribution in [0.25, 0.3) is 22.5 Å². The first-order valence-electron chi connectivity index (χ1n) is 10.9. The molecule has 0 fully saturated rings. The topological polar surface area (TPSA) is 105 Å². The zero-order chi connectivity index (χ0) is 24.1. The molecule has 1 aromatic heterocycles. The van der Waals surface area contributed by atoms with Gasteiger partial charge >= 0.3 is 5.97 Å². The summed E-state index contributed by atoms with van der Waals surface area (Å²) in [5, 5.41) is 16.1. The minimum absolute atomic E-state index is 0.199. The number of hydrogen-bond donors (Lipinski definition) is 2. The lowest BCUT2D eigenvalue weighted by molar-refractivity contribution is -0.147. The summed E-state index contributed by atoms with van der Waals surface area (Å²) in [4.78, 5) is 28.2. The fourth-order valence-electron chi connectivity index (χ4n) is 3.35. The van der Waals surface area contributed by atoms with Gasteiger partial charge in [-0.15, -0.1) is 0 Å². The standard InChI is InChI=1S/C27H25N3O4/c1-27(2,26(32)33)17-16-23-29-24(30-34-23)20-12-14-22(15-13-20)28-25(31)21-10-8-19(9-11-21)18-6-4-3-5-7-18/h3-15H,16-17H2,1-2H3,(H,28,31)(H,32,33). The molecule has 0 radical (unpaired) electrons. The monoisotopic (exact) mass is 455 g/mol. The van der Waals surface area contributed by atoms with E-state index in [0.29, 0.717) is 35.8 Å². The number of nitrogens with one attached hydrogen (secondary N) is 1. The Morgan fingerprint density at radius 1 is 0.882 bits per heavy atom. The molecule has 4 aromatic rings. The van der Waals surface area contributed by atoms with Gasteiger partial charge in [0.1, 0.15) is 0 Å². The maximum atomic E-state index is 12.6. The Labute approximate surface area is 197 Å². The van der Waals surface area contributed by atoms with Crippen LogP contribution in [0.3, 0.4) is 0 Å². The normalized spacial score (nSPS) is 11.2. The van der Waals surface area contributed by atoms with Gasteiger partial charge in [0, 0.05) is 23.2 Å². The minimum Gasteiger partial charge on any atom is -0.481 e. The summed E-state index contributed by atoms with van der Waals surface area (Å²) < 4.78 is 5.26. The van der Waals surface area contributed by atoms with Crippen LogP contribution in [-0.2, 0) is 11.2 Å². The van der Waals surface area contributed by atoms with E-state index in [-0.39, 0.29) is 5.91 Å². The number of aryl methyl sites for hydroxylation is 1. The highest BCUT2D eigenvalue weighted by Gasteiger charge is 2.27. The molecular weight excluding hydrogens is 430 g/mol. The zero-order valence-corrected chi connectivity index (χ0v) is 19.0. The van der Waals surface area contributed by atoms with Gasteiger partial charge in [-0.1, -0.05) is 47.6 Å². The van der Waals surface area contributed by atoms with Gasteiger partial charge in [-0.05, 0) is 67.8 Å². The van der Waals surface area contributed by atoms with Crippen molar-refractivity contribution in [2.45, 2.75) is 26.7 Å². The molecule has 0 unspecified atom stereocenters. The summed E-state index contributed by atoms with van der Waals surface area (Å²) in [7, 11) is 0. The maximum Gasteiger partial charge on any atom is 0.309 e. The van der Waals surface area contributed by atoms with Crippen molar-refractivity contribution in [1.82, 2.24) is 10.1 Å². The van der Waals surface area contributed by atoms with E-state index in [1.54, 1.807) is 50.2 Å². The Morgan fingerprint density at radius 3 is 2.15 bits per heavy atom. The lowest BCUT2D eigenvalue weighted by Crippen LogP contribution is -2.24. The molecule has 1 amide bonds. The third-order valence-corrected chi connectivity index (χ3v) is 5.67. The number of carbonyl (C=O) groups is 2. The van der Waals surface area contributed by atoms with Crippen molar-refractivity contribution in [2.75, 3.05) is 5.32 Å². The number of carboxylic acid groups (broad SMARTS) is 1. The van der Waals surface area contributed by atoms with Crippen LogP contribution >= 0.6 is 0 Å². The highest BCUT2D eigenvalue weighted by atomic mass is 16.5. The number of rotatable bonds is 8. The number of nitrogens with zero attached hydrogens (tertiary/aromatic N) is 2. The van der Waals surface area contributed by atoms with Crippen LogP contribution in [0.1, 0.15) is 36.5 Å². The molecule has 4 rings (SSSR count). The Hall–Kier alpha value is -4.26. The lowest BCUT2D eigenvalue weighted by atomic mass is 9.88. The second kappa shape index (κ2) is 9.70. The quantitative estimate of drug-likeness (QED) is 0.353. The highest BCUT2D eigenvalue weighted by Crippen LogP contribution is 2.25. The van der Waals surface area contributed by atoms with Crippen molar-refractivity contribution in [1.29, 1.82) is 0 Å². The molecule has 0 aliphatic carbocycles. The van der Waals surface area contributed by atoms with E-state index in [0.717, 1.165) is 16.7 Å². The minimum atomic E-state index is -0.865. The van der Waals surface area contributed by atoms with Crippen molar-refractivity contribution < 1.29 is 19.2 Å². The van der Waals surface area contributed by atoms with Gasteiger partial charge in [0.05, 0.1) is 5.41 Å². The van der Waals surface area contributed by atoms with E-state index in [9.17, 15) is 14.7 Å². The molecule has 172 valence electrons. The number of amides is 1. The summed E-state index contributed by atoms with van der Waals surface area (Å²) >= 11 is 0. The van der Waals surface area contributed by atoms with E-state index in [1.807, 2.05) is 42.5 Å². The number of aliphatic carboxylic acids is 1. The van der Waals surface area contributed by atoms with Gasteiger partial charge in [0.2, 0.25) is 11.7 Å². The van der Waals surface area contributed by atoms with Crippen LogP contribution in [0, 0.1) is 5.41 Å². The highest BCUT2D eigenvalue weighted by molar-refractivity contribution is 6.04. The number of hydrogen-bond acceptors (Lipinski definition) is 5. The van der Waals surface area contributed by atoms with Crippen molar-refractivity contribution in [3.05, 3.63) is 90.3 Å². The van der Waals surface area contributed by atoms with E-state index in [4.69, 9.17) is 4.52 Å². The second-order valence-electron chi connectivity index (χ2n) is 8.68. The fourth-order valence-corrected chi connectivity index (χ4v) is 3.35. The first-order valence-corrected chi connectivity index (χ1v) is 10.9. The van der Waals surface area contributed by atoms with Crippen LogP contribution in [0.15, 0.2) is 83.4 Å². The van der Waals surface area contributed by atoms with Crippen molar-refractivity contribution in [3.63, 3.8) is 0 Å². The van der Waals surface area contributed by atoms with E-state index in [2.05, 4.69) is 15.5 Å². The number of aromatic nitrogens is 2. The Kier molecular flexibility index (Phi) is 6.54. The number of anilines is 1. The predicted molar refractivity (Wildman–Crippen MR) is 129 cm³/mol. The first-order chi connectivity index (χ1) is 16.3. The zero-order valence-electron chi connectivity index (χ0n) is 19.0. The SMILES string of the molecule is CC(C)(CCc1nc(-c2ccc(NC(=O)c3ccc(-c4ccccc4)cc3)cc2)no1)C(=O)O. The number of carboxylic acids is 1. The Balaban J connectivity index is 1.37. The molecule has 0 saturated heterocycles. The molecule has 0 bridgehead atoms. The molecule has 3 aromatic carbocycles. The summed E-state index contributed by atoms with van der Waals surface area (Å²) in [6, 6.07) is 24.6. The van der Waals surface area contributed by atoms with Crippen LogP contribution in [-0.4, -0.2) is 27.1 Å². The van der Waals surface area contributed by atoms with E-state index >= 15 is 0 Å². The van der Waals surface area contributed by atoms with Crippen LogP contribution in [0.4, 0.5) is 5.69 Å². The first kappa shape index (κ1) is 22.9. The van der Waals surface area contributed by atoms with Crippen LogP contribution in [0.2, 0.25) is 0 Å². The molecule has 1 heterocycles. The number of benzene rings is 3. The average molecular weight is 456 g/mol. The Morgan fingerprint density at radius 2 is 1.50 bits per heavy atom. The summed E-state index contributed by atoms with van der Waals surface area (Å²) in [5.41, 5.74) is 3.23. The summed E-state index contributed by atoms with van der Waals surface area (Å²) in [6.45, 7) is 3.33. The van der Waals surface area contributed by atoms with Crippen molar-refractivity contribution in [3.8, 4) is 22.5 Å². The fraction of sp³-hybridized carbons (Fsp3) is 0.185. The van der Waals surface area contributed by atoms with Crippen LogP contribution < -0.4 is 5.32 Å². The van der Waals surface area contributed by atoms with E-state index in [1.165, 1.54) is 0 Å². The number of carbonyl (C=O) groups excluding carboxylic acids is 1. The second-order valence-corrected chi connectivity index (χ2v) is 8.68. The summed E-state index contributed by atoms with van der Waals surface area (Å²) in [5.74, 6) is -0.259. The molecule has 34 heavy (non-hydrogen) atoms. The smallest absolute Gasteiger partial charge is 0.309 e. The van der Waals surface area contributed by atoms with Crippen molar-refractivity contribution in [2.24, 2.45) is 5.41 Å². The van der Waals surface area contributed by atoms with Crippen LogP contribution in [0.5, 0.6) is 0 Å². The molecule has 7 nitrogen and oxygen atoms in total. The molecular formula is C27H25N3O4. The third kappa shape index (κ3) is 5.38. The van der Waals surface area contributed by atoms with Gasteiger partial charge in [0.15, 0.2) is 0 Å². The van der Waals surface area contributed by atoms with Gasteiger partial charge in [-0.2, -0.15) is 4.98 Å². The largest absolute Gasteiger partial charge is 0.481 e. The predicted octanol–water partition coefficient (Wildman–Crippen LogP) is 5.70. The molecule has 7 heteroatoms. The van der Waals surface area contributed by atoms with Gasteiger partial charge < -0.3 is 14.9 Å². The van der Waals surface area contributed by atoms with Crippen molar-refractivity contribution >= 4 is 17.6 Å². The molecule has 0 spiro atoms. The molecule has 0 aliphatic heterocycles. The molecule has 0 aliphatic rings. The molecule has 0 atom stereocenters. The maximum absolute atomic E-state index is 12.6. The Bertz CT molecular complexity index is 1280. The lowest BCUT2D eigenvalue weighted by Gasteiger charge is -2.17. The van der Waals surface area contributed by atoms with Gasteiger partial charge in [-0.25, -0.2) is 0 Å². The third-order valence-electron chi connectivity index (χ3n) is 5.67. The average Bonchev–Trinajstić information content (AvgIpc) is 3.33. The summed E-state index contributed by atoms with van der Waals surface area (Å²) in [6.07, 6.45) is 0.769. The molecule has 2 N–H and O–H groups in total.